The second kappa shape index (κ2) is 6.73. The first-order valence-corrected chi connectivity index (χ1v) is 7.16. The minimum atomic E-state index is 0.0360. The lowest BCUT2D eigenvalue weighted by Gasteiger charge is -2.11. The highest BCUT2D eigenvalue weighted by Gasteiger charge is 2.09. The van der Waals surface area contributed by atoms with E-state index in [9.17, 15) is 4.79 Å². The third-order valence-corrected chi connectivity index (χ3v) is 3.81. The number of nitrogens with one attached hydrogen (secondary N) is 1. The van der Waals surface area contributed by atoms with Crippen LogP contribution in [0.3, 0.4) is 0 Å². The molecule has 1 aromatic heterocycles. The summed E-state index contributed by atoms with van der Waals surface area (Å²) in [4.78, 5) is 20.4. The number of aromatic nitrogens is 2. The molecule has 1 rings (SSSR count). The molecular weight excluding hydrogens is 246 g/mol. The first-order valence-electron chi connectivity index (χ1n) is 6.18. The fraction of sp³-hybridized carbons (Fsp3) is 0.615. The lowest BCUT2D eigenvalue weighted by molar-refractivity contribution is -0.119. The highest BCUT2D eigenvalue weighted by atomic mass is 32.2. The van der Waals surface area contributed by atoms with Crippen molar-refractivity contribution in [1.82, 2.24) is 15.3 Å². The van der Waals surface area contributed by atoms with Gasteiger partial charge in [0.1, 0.15) is 0 Å². The summed E-state index contributed by atoms with van der Waals surface area (Å²) in [7, 11) is 0. The fourth-order valence-corrected chi connectivity index (χ4v) is 2.10. The molecule has 0 fully saturated rings. The van der Waals surface area contributed by atoms with Crippen LogP contribution in [-0.2, 0) is 4.79 Å². The summed E-state index contributed by atoms with van der Waals surface area (Å²) in [6.07, 6.45) is 0.940. The number of nitrogens with zero attached hydrogens (tertiary/aromatic N) is 2. The molecule has 1 atom stereocenters. The van der Waals surface area contributed by atoms with E-state index >= 15 is 0 Å². The van der Waals surface area contributed by atoms with Gasteiger partial charge in [-0.2, -0.15) is 0 Å². The largest absolute Gasteiger partial charge is 0.353 e. The van der Waals surface area contributed by atoms with Crippen molar-refractivity contribution in [2.24, 2.45) is 0 Å². The summed E-state index contributed by atoms with van der Waals surface area (Å²) in [5.41, 5.74) is 3.07. The summed E-state index contributed by atoms with van der Waals surface area (Å²) < 4.78 is 0. The standard InChI is InChI=1S/C13H21N3OS/c1-6-8(2)14-12(17)7-18-13-15-10(4)9(3)11(5)16-13/h8H,6-7H2,1-5H3,(H,14,17). The Morgan fingerprint density at radius 1 is 1.28 bits per heavy atom. The topological polar surface area (TPSA) is 54.9 Å². The summed E-state index contributed by atoms with van der Waals surface area (Å²) in [6.45, 7) is 9.99. The molecule has 5 heteroatoms. The number of hydrogen-bond donors (Lipinski definition) is 1. The number of rotatable bonds is 5. The molecular formula is C13H21N3OS. The van der Waals surface area contributed by atoms with E-state index in [4.69, 9.17) is 0 Å². The second-order valence-electron chi connectivity index (χ2n) is 4.47. The molecule has 0 aliphatic carbocycles. The third-order valence-electron chi connectivity index (χ3n) is 2.96. The second-order valence-corrected chi connectivity index (χ2v) is 5.41. The minimum absolute atomic E-state index is 0.0360. The van der Waals surface area contributed by atoms with Crippen LogP contribution in [0.4, 0.5) is 0 Å². The van der Waals surface area contributed by atoms with Crippen LogP contribution in [0.15, 0.2) is 5.16 Å². The van der Waals surface area contributed by atoms with Crippen molar-refractivity contribution in [3.63, 3.8) is 0 Å². The maximum Gasteiger partial charge on any atom is 0.230 e. The van der Waals surface area contributed by atoms with Crippen molar-refractivity contribution in [1.29, 1.82) is 0 Å². The smallest absolute Gasteiger partial charge is 0.230 e. The number of carbonyl (C=O) groups excluding carboxylic acids is 1. The van der Waals surface area contributed by atoms with Crippen molar-refractivity contribution >= 4 is 17.7 Å². The van der Waals surface area contributed by atoms with Gasteiger partial charge in [0.05, 0.1) is 5.75 Å². The molecule has 4 nitrogen and oxygen atoms in total. The Morgan fingerprint density at radius 2 is 1.83 bits per heavy atom. The van der Waals surface area contributed by atoms with E-state index in [1.54, 1.807) is 0 Å². The zero-order chi connectivity index (χ0) is 13.7. The van der Waals surface area contributed by atoms with Crippen LogP contribution in [0.25, 0.3) is 0 Å². The van der Waals surface area contributed by atoms with E-state index < -0.39 is 0 Å². The molecule has 0 bridgehead atoms. The monoisotopic (exact) mass is 267 g/mol. The fourth-order valence-electron chi connectivity index (χ4n) is 1.35. The lowest BCUT2D eigenvalue weighted by Crippen LogP contribution is -2.33. The Hall–Kier alpha value is -1.10. The van der Waals surface area contributed by atoms with Crippen molar-refractivity contribution in [2.75, 3.05) is 5.75 Å². The zero-order valence-corrected chi connectivity index (χ0v) is 12.5. The van der Waals surface area contributed by atoms with Crippen LogP contribution < -0.4 is 5.32 Å². The predicted octanol–water partition coefficient (Wildman–Crippen LogP) is 2.41. The molecule has 1 unspecified atom stereocenters. The van der Waals surface area contributed by atoms with Gasteiger partial charge in [-0.3, -0.25) is 4.79 Å². The van der Waals surface area contributed by atoms with E-state index in [2.05, 4.69) is 15.3 Å². The van der Waals surface area contributed by atoms with Crippen molar-refractivity contribution in [3.8, 4) is 0 Å². The number of aryl methyl sites for hydroxylation is 2. The van der Waals surface area contributed by atoms with Gasteiger partial charge in [0.2, 0.25) is 5.91 Å². The molecule has 0 aliphatic rings. The first kappa shape index (κ1) is 15.0. The third kappa shape index (κ3) is 4.29. The van der Waals surface area contributed by atoms with Gasteiger partial charge < -0.3 is 5.32 Å². The van der Waals surface area contributed by atoms with Crippen LogP contribution in [0.2, 0.25) is 0 Å². The van der Waals surface area contributed by atoms with E-state index in [0.29, 0.717) is 10.9 Å². The molecule has 1 aromatic rings. The predicted molar refractivity (Wildman–Crippen MR) is 74.9 cm³/mol. The zero-order valence-electron chi connectivity index (χ0n) is 11.7. The highest BCUT2D eigenvalue weighted by molar-refractivity contribution is 7.99. The van der Waals surface area contributed by atoms with Crippen molar-refractivity contribution in [3.05, 3.63) is 17.0 Å². The number of carbonyl (C=O) groups is 1. The van der Waals surface area contributed by atoms with Gasteiger partial charge in [-0.25, -0.2) is 9.97 Å². The molecule has 0 spiro atoms. The molecule has 0 radical (unpaired) electrons. The Morgan fingerprint density at radius 3 is 2.33 bits per heavy atom. The highest BCUT2D eigenvalue weighted by Crippen LogP contribution is 2.16. The van der Waals surface area contributed by atoms with Crippen molar-refractivity contribution in [2.45, 2.75) is 52.2 Å². The molecule has 1 heterocycles. The Labute approximate surface area is 113 Å². The molecule has 100 valence electrons. The van der Waals surface area contributed by atoms with Crippen LogP contribution in [-0.4, -0.2) is 27.7 Å². The molecule has 1 amide bonds. The molecule has 1 N–H and O–H groups in total. The number of amides is 1. The van der Waals surface area contributed by atoms with E-state index in [1.165, 1.54) is 11.8 Å². The quantitative estimate of drug-likeness (QED) is 0.657. The number of thioether (sulfide) groups is 1. The van der Waals surface area contributed by atoms with Crippen molar-refractivity contribution < 1.29 is 4.79 Å². The summed E-state index contributed by atoms with van der Waals surface area (Å²) in [5.74, 6) is 0.403. The normalized spacial score (nSPS) is 12.3. The number of hydrogen-bond acceptors (Lipinski definition) is 4. The molecule has 0 saturated carbocycles. The SMILES string of the molecule is CCC(C)NC(=O)CSc1nc(C)c(C)c(C)n1. The van der Waals surface area contributed by atoms with Gasteiger partial charge >= 0.3 is 0 Å². The molecule has 0 aromatic carbocycles. The molecule has 0 saturated heterocycles. The minimum Gasteiger partial charge on any atom is -0.353 e. The average molecular weight is 267 g/mol. The van der Waals surface area contributed by atoms with Gasteiger partial charge in [-0.1, -0.05) is 18.7 Å². The summed E-state index contributed by atoms with van der Waals surface area (Å²) >= 11 is 1.38. The van der Waals surface area contributed by atoms with Crippen LogP contribution in [0.1, 0.15) is 37.2 Å². The Kier molecular flexibility index (Phi) is 5.59. The lowest BCUT2D eigenvalue weighted by atomic mass is 10.2. The average Bonchev–Trinajstić information content (AvgIpc) is 2.33. The summed E-state index contributed by atoms with van der Waals surface area (Å²) in [6, 6.07) is 0.223. The van der Waals surface area contributed by atoms with Gasteiger partial charge in [0, 0.05) is 17.4 Å². The van der Waals surface area contributed by atoms with Gasteiger partial charge in [-0.05, 0) is 39.7 Å². The Balaban J connectivity index is 2.56. The van der Waals surface area contributed by atoms with Gasteiger partial charge in [0.15, 0.2) is 5.16 Å². The van der Waals surface area contributed by atoms with Gasteiger partial charge in [0.25, 0.3) is 0 Å². The van der Waals surface area contributed by atoms with Gasteiger partial charge in [-0.15, -0.1) is 0 Å². The van der Waals surface area contributed by atoms with Crippen LogP contribution >= 0.6 is 11.8 Å². The maximum absolute atomic E-state index is 11.6. The summed E-state index contributed by atoms with van der Waals surface area (Å²) in [5, 5.41) is 3.60. The van der Waals surface area contributed by atoms with Crippen LogP contribution in [0.5, 0.6) is 0 Å². The van der Waals surface area contributed by atoms with Crippen LogP contribution in [0, 0.1) is 20.8 Å². The first-order chi connectivity index (χ1) is 8.43. The van der Waals surface area contributed by atoms with E-state index in [-0.39, 0.29) is 11.9 Å². The maximum atomic E-state index is 11.6. The molecule has 18 heavy (non-hydrogen) atoms. The van der Waals surface area contributed by atoms with E-state index in [0.717, 1.165) is 23.4 Å². The van der Waals surface area contributed by atoms with E-state index in [1.807, 2.05) is 34.6 Å². The molecule has 0 aliphatic heterocycles. The Bertz CT molecular complexity index is 411.